The Hall–Kier alpha value is -2.86. The van der Waals surface area contributed by atoms with Crippen LogP contribution in [0.1, 0.15) is 18.1 Å². The van der Waals surface area contributed by atoms with Crippen molar-refractivity contribution in [2.45, 2.75) is 31.2 Å². The van der Waals surface area contributed by atoms with Gasteiger partial charge in [0.2, 0.25) is 5.91 Å². The average molecular weight is 379 g/mol. The van der Waals surface area contributed by atoms with Crippen molar-refractivity contribution in [2.75, 3.05) is 5.32 Å². The summed E-state index contributed by atoms with van der Waals surface area (Å²) in [6.45, 7) is 5.72. The van der Waals surface area contributed by atoms with Gasteiger partial charge in [-0.1, -0.05) is 60.3 Å². The average Bonchev–Trinajstić information content (AvgIpc) is 2.65. The molecule has 138 valence electrons. The zero-order valence-electron chi connectivity index (χ0n) is 15.4. The molecular weight excluding hydrogens is 358 g/mol. The van der Waals surface area contributed by atoms with Gasteiger partial charge in [0.05, 0.1) is 10.9 Å². The molecule has 0 bridgehead atoms. The van der Waals surface area contributed by atoms with Crippen LogP contribution >= 0.6 is 11.8 Å². The number of aryl methyl sites for hydroxylation is 2. The summed E-state index contributed by atoms with van der Waals surface area (Å²) >= 11 is 1.23. The summed E-state index contributed by atoms with van der Waals surface area (Å²) < 4.78 is 0. The van der Waals surface area contributed by atoms with E-state index in [1.54, 1.807) is 6.92 Å². The molecule has 2 aromatic carbocycles. The first-order valence-corrected chi connectivity index (χ1v) is 9.52. The topological polar surface area (TPSA) is 74.8 Å². The molecule has 0 saturated heterocycles. The van der Waals surface area contributed by atoms with Crippen LogP contribution in [0.2, 0.25) is 0 Å². The maximum atomic E-state index is 12.6. The number of anilines is 1. The Kier molecular flexibility index (Phi) is 5.76. The van der Waals surface area contributed by atoms with E-state index in [0.29, 0.717) is 10.9 Å². The molecule has 1 heterocycles. The second-order valence-corrected chi connectivity index (χ2v) is 7.65. The van der Waals surface area contributed by atoms with Crippen molar-refractivity contribution in [3.63, 3.8) is 0 Å². The van der Waals surface area contributed by atoms with Gasteiger partial charge in [0.15, 0.2) is 5.16 Å². The molecule has 0 aliphatic carbocycles. The van der Waals surface area contributed by atoms with Gasteiger partial charge in [-0.25, -0.2) is 4.98 Å². The number of thioether (sulfide) groups is 1. The molecule has 0 radical (unpaired) electrons. The molecule has 1 aromatic heterocycles. The molecule has 1 atom stereocenters. The molecule has 0 unspecified atom stereocenters. The van der Waals surface area contributed by atoms with E-state index in [1.165, 1.54) is 17.8 Å². The van der Waals surface area contributed by atoms with Gasteiger partial charge in [-0.15, -0.1) is 0 Å². The van der Waals surface area contributed by atoms with E-state index in [1.807, 2.05) is 62.4 Å². The second-order valence-electron chi connectivity index (χ2n) is 6.32. The number of carbonyl (C=O) groups is 1. The number of hydrogen-bond donors (Lipinski definition) is 2. The number of aromatic amines is 1. The SMILES string of the molecule is Cc1cccc(C)c1NC(=O)[C@H](C)Sc1nc(-c2ccccc2)cc(=O)[nH]1. The molecule has 6 heteroatoms. The predicted octanol–water partition coefficient (Wildman–Crippen LogP) is 4.17. The first-order chi connectivity index (χ1) is 12.9. The maximum absolute atomic E-state index is 12.6. The van der Waals surface area contributed by atoms with Crippen LogP contribution in [0.3, 0.4) is 0 Å². The van der Waals surface area contributed by atoms with Gasteiger partial charge in [-0.3, -0.25) is 9.59 Å². The predicted molar refractivity (Wildman–Crippen MR) is 110 cm³/mol. The fourth-order valence-electron chi connectivity index (χ4n) is 2.71. The number of benzene rings is 2. The van der Waals surface area contributed by atoms with Crippen molar-refractivity contribution >= 4 is 23.4 Å². The third-order valence-electron chi connectivity index (χ3n) is 4.18. The number of H-pyrrole nitrogens is 1. The van der Waals surface area contributed by atoms with E-state index < -0.39 is 5.25 Å². The van der Waals surface area contributed by atoms with Gasteiger partial charge in [0.1, 0.15) is 0 Å². The van der Waals surface area contributed by atoms with Crippen molar-refractivity contribution in [2.24, 2.45) is 0 Å². The van der Waals surface area contributed by atoms with Crippen molar-refractivity contribution in [1.29, 1.82) is 0 Å². The molecule has 0 aliphatic heterocycles. The van der Waals surface area contributed by atoms with Gasteiger partial charge in [-0.2, -0.15) is 0 Å². The number of carbonyl (C=O) groups excluding carboxylic acids is 1. The highest BCUT2D eigenvalue weighted by Gasteiger charge is 2.18. The third kappa shape index (κ3) is 4.65. The second kappa shape index (κ2) is 8.22. The van der Waals surface area contributed by atoms with Gasteiger partial charge in [0.25, 0.3) is 5.56 Å². The third-order valence-corrected chi connectivity index (χ3v) is 5.16. The number of hydrogen-bond acceptors (Lipinski definition) is 4. The highest BCUT2D eigenvalue weighted by Crippen LogP contribution is 2.25. The monoisotopic (exact) mass is 379 g/mol. The lowest BCUT2D eigenvalue weighted by Crippen LogP contribution is -2.24. The summed E-state index contributed by atoms with van der Waals surface area (Å²) in [6.07, 6.45) is 0. The van der Waals surface area contributed by atoms with Crippen molar-refractivity contribution in [1.82, 2.24) is 9.97 Å². The fourth-order valence-corrected chi connectivity index (χ4v) is 3.52. The largest absolute Gasteiger partial charge is 0.325 e. The van der Waals surface area contributed by atoms with E-state index in [2.05, 4.69) is 15.3 Å². The van der Waals surface area contributed by atoms with E-state index in [9.17, 15) is 9.59 Å². The van der Waals surface area contributed by atoms with Crippen LogP contribution in [0.15, 0.2) is 64.5 Å². The van der Waals surface area contributed by atoms with Crippen LogP contribution in [0.5, 0.6) is 0 Å². The summed E-state index contributed by atoms with van der Waals surface area (Å²) in [4.78, 5) is 31.8. The molecule has 3 aromatic rings. The summed E-state index contributed by atoms with van der Waals surface area (Å²) in [7, 11) is 0. The molecule has 0 spiro atoms. The molecule has 2 N–H and O–H groups in total. The Labute approximate surface area is 162 Å². The summed E-state index contributed by atoms with van der Waals surface area (Å²) in [5, 5.41) is 2.98. The van der Waals surface area contributed by atoms with Crippen LogP contribution in [0, 0.1) is 13.8 Å². The van der Waals surface area contributed by atoms with Crippen molar-refractivity contribution in [3.8, 4) is 11.3 Å². The Morgan fingerprint density at radius 1 is 1.07 bits per heavy atom. The van der Waals surface area contributed by atoms with Crippen LogP contribution < -0.4 is 10.9 Å². The Morgan fingerprint density at radius 2 is 1.74 bits per heavy atom. The maximum Gasteiger partial charge on any atom is 0.252 e. The van der Waals surface area contributed by atoms with Crippen molar-refractivity contribution < 1.29 is 4.79 Å². The lowest BCUT2D eigenvalue weighted by Gasteiger charge is -2.15. The molecule has 0 aliphatic rings. The molecular formula is C21H21N3O2S. The minimum Gasteiger partial charge on any atom is -0.325 e. The minimum absolute atomic E-state index is 0.134. The fraction of sp³-hybridized carbons (Fsp3) is 0.190. The van der Waals surface area contributed by atoms with Crippen LogP contribution in [0.25, 0.3) is 11.3 Å². The van der Waals surface area contributed by atoms with E-state index >= 15 is 0 Å². The Morgan fingerprint density at radius 3 is 2.41 bits per heavy atom. The summed E-state index contributed by atoms with van der Waals surface area (Å²) in [6, 6.07) is 16.8. The number of rotatable bonds is 5. The lowest BCUT2D eigenvalue weighted by molar-refractivity contribution is -0.115. The van der Waals surface area contributed by atoms with Gasteiger partial charge in [0, 0.05) is 17.3 Å². The zero-order chi connectivity index (χ0) is 19.4. The number of para-hydroxylation sites is 1. The minimum atomic E-state index is -0.418. The molecule has 0 fully saturated rings. The van der Waals surface area contributed by atoms with Gasteiger partial charge < -0.3 is 10.3 Å². The van der Waals surface area contributed by atoms with Crippen LogP contribution in [-0.2, 0) is 4.79 Å². The normalized spacial score (nSPS) is 11.8. The van der Waals surface area contributed by atoms with Crippen LogP contribution in [0.4, 0.5) is 5.69 Å². The quantitative estimate of drug-likeness (QED) is 0.515. The number of aromatic nitrogens is 2. The standard InChI is InChI=1S/C21H21N3O2S/c1-13-8-7-9-14(2)19(13)24-20(26)15(3)27-21-22-17(12-18(25)23-21)16-10-5-4-6-11-16/h4-12,15H,1-3H3,(H,24,26)(H,22,23,25)/t15-/m0/s1. The smallest absolute Gasteiger partial charge is 0.252 e. The highest BCUT2D eigenvalue weighted by atomic mass is 32.2. The molecule has 5 nitrogen and oxygen atoms in total. The molecule has 27 heavy (non-hydrogen) atoms. The molecule has 3 rings (SSSR count). The first-order valence-electron chi connectivity index (χ1n) is 8.64. The summed E-state index contributed by atoms with van der Waals surface area (Å²) in [5.41, 5.74) is 4.06. The number of nitrogens with zero attached hydrogens (tertiary/aromatic N) is 1. The highest BCUT2D eigenvalue weighted by molar-refractivity contribution is 8.00. The van der Waals surface area contributed by atoms with Crippen LogP contribution in [-0.4, -0.2) is 21.1 Å². The van der Waals surface area contributed by atoms with Crippen molar-refractivity contribution in [3.05, 3.63) is 76.1 Å². The van der Waals surface area contributed by atoms with E-state index in [4.69, 9.17) is 0 Å². The Bertz CT molecular complexity index is 995. The molecule has 0 saturated carbocycles. The number of amides is 1. The molecule has 1 amide bonds. The van der Waals surface area contributed by atoms with Gasteiger partial charge in [-0.05, 0) is 31.9 Å². The van der Waals surface area contributed by atoms with E-state index in [0.717, 1.165) is 22.4 Å². The summed E-state index contributed by atoms with van der Waals surface area (Å²) in [5.74, 6) is -0.134. The number of nitrogens with one attached hydrogen (secondary N) is 2. The lowest BCUT2D eigenvalue weighted by atomic mass is 10.1. The van der Waals surface area contributed by atoms with Gasteiger partial charge >= 0.3 is 0 Å². The first kappa shape index (κ1) is 18.9. The van der Waals surface area contributed by atoms with E-state index in [-0.39, 0.29) is 11.5 Å². The Balaban J connectivity index is 1.78. The zero-order valence-corrected chi connectivity index (χ0v) is 16.3.